The van der Waals surface area contributed by atoms with Crippen LogP contribution in [0, 0.1) is 5.82 Å². The number of aromatic nitrogens is 2. The van der Waals surface area contributed by atoms with E-state index in [2.05, 4.69) is 10.4 Å². The average molecular weight is 486 g/mol. The summed E-state index contributed by atoms with van der Waals surface area (Å²) in [5.41, 5.74) is -0.592. The molecule has 0 spiro atoms. The number of benzene rings is 2. The van der Waals surface area contributed by atoms with E-state index in [1.54, 1.807) is 12.1 Å². The summed E-state index contributed by atoms with van der Waals surface area (Å²) in [6, 6.07) is 10.7. The van der Waals surface area contributed by atoms with Crippen molar-refractivity contribution in [1.29, 1.82) is 0 Å². The van der Waals surface area contributed by atoms with Crippen LogP contribution in [-0.2, 0) is 17.5 Å². The van der Waals surface area contributed by atoms with Crippen molar-refractivity contribution < 1.29 is 32.6 Å². The van der Waals surface area contributed by atoms with Crippen LogP contribution in [-0.4, -0.2) is 32.5 Å². The van der Waals surface area contributed by atoms with E-state index in [9.17, 15) is 27.5 Å². The number of amides is 1. The molecule has 0 fully saturated rings. The Morgan fingerprint density at radius 3 is 2.55 bits per heavy atom. The van der Waals surface area contributed by atoms with Gasteiger partial charge in [0.25, 0.3) is 0 Å². The molecule has 0 aliphatic heterocycles. The molecule has 0 radical (unpaired) electrons. The molecule has 176 valence electrons. The predicted octanol–water partition coefficient (Wildman–Crippen LogP) is 4.13. The Labute approximate surface area is 191 Å². The van der Waals surface area contributed by atoms with Gasteiger partial charge in [0.1, 0.15) is 11.9 Å². The van der Waals surface area contributed by atoms with Gasteiger partial charge in [0, 0.05) is 10.6 Å². The van der Waals surface area contributed by atoms with Crippen LogP contribution in [0.25, 0.3) is 5.69 Å². The number of rotatable bonds is 7. The summed E-state index contributed by atoms with van der Waals surface area (Å²) in [7, 11) is 0. The second kappa shape index (κ2) is 9.90. The molecule has 0 saturated carbocycles. The fourth-order valence-corrected chi connectivity index (χ4v) is 3.36. The van der Waals surface area contributed by atoms with Crippen molar-refractivity contribution in [3.05, 3.63) is 81.9 Å². The lowest BCUT2D eigenvalue weighted by molar-refractivity contribution is -0.141. The molecule has 3 aromatic rings. The standard InChI is InChI=1S/C22H20ClF4N3O3/c1-12(13-5-6-17(18(24)7-13)19(32)11-31)21(33)28-10-16-9-20(22(25,26)27)29-30(16)15-4-2-3-14(23)8-15/h2-9,12,19,31-32H,10-11H2,1H3,(H,28,33). The number of nitrogens with zero attached hydrogens (tertiary/aromatic N) is 2. The molecule has 6 nitrogen and oxygen atoms in total. The Bertz CT molecular complexity index is 1150. The van der Waals surface area contributed by atoms with E-state index in [4.69, 9.17) is 16.7 Å². The Kier molecular flexibility index (Phi) is 7.41. The van der Waals surface area contributed by atoms with E-state index in [1.807, 2.05) is 0 Å². The van der Waals surface area contributed by atoms with E-state index in [0.717, 1.165) is 16.8 Å². The summed E-state index contributed by atoms with van der Waals surface area (Å²) >= 11 is 5.94. The first-order valence-electron chi connectivity index (χ1n) is 9.79. The normalized spacial score (nSPS) is 13.6. The van der Waals surface area contributed by atoms with Gasteiger partial charge in [-0.2, -0.15) is 18.3 Å². The Morgan fingerprint density at radius 1 is 1.21 bits per heavy atom. The van der Waals surface area contributed by atoms with Crippen LogP contribution in [0.1, 0.15) is 41.5 Å². The molecular formula is C22H20ClF4N3O3. The quantitative estimate of drug-likeness (QED) is 0.439. The summed E-state index contributed by atoms with van der Waals surface area (Å²) in [6.45, 7) is 0.566. The summed E-state index contributed by atoms with van der Waals surface area (Å²) in [5.74, 6) is -2.19. The maximum atomic E-state index is 14.2. The van der Waals surface area contributed by atoms with Crippen molar-refractivity contribution in [1.82, 2.24) is 15.1 Å². The SMILES string of the molecule is CC(C(=O)NCc1cc(C(F)(F)F)nn1-c1cccc(Cl)c1)c1ccc(C(O)CO)c(F)c1. The van der Waals surface area contributed by atoms with E-state index >= 15 is 0 Å². The molecule has 1 heterocycles. The highest BCUT2D eigenvalue weighted by molar-refractivity contribution is 6.30. The zero-order chi connectivity index (χ0) is 24.3. The molecule has 33 heavy (non-hydrogen) atoms. The van der Waals surface area contributed by atoms with Crippen LogP contribution in [0.3, 0.4) is 0 Å². The summed E-state index contributed by atoms with van der Waals surface area (Å²) in [6.07, 6.45) is -6.08. The molecule has 0 aliphatic carbocycles. The molecule has 1 amide bonds. The zero-order valence-corrected chi connectivity index (χ0v) is 18.0. The van der Waals surface area contributed by atoms with E-state index in [1.165, 1.54) is 31.2 Å². The third-order valence-corrected chi connectivity index (χ3v) is 5.25. The molecule has 3 rings (SSSR count). The first kappa shape index (κ1) is 24.7. The van der Waals surface area contributed by atoms with Crippen LogP contribution in [0.15, 0.2) is 48.5 Å². The average Bonchev–Trinajstić information content (AvgIpc) is 3.21. The molecule has 1 aromatic heterocycles. The molecule has 3 N–H and O–H groups in total. The zero-order valence-electron chi connectivity index (χ0n) is 17.3. The monoisotopic (exact) mass is 485 g/mol. The third-order valence-electron chi connectivity index (χ3n) is 5.02. The fourth-order valence-electron chi connectivity index (χ4n) is 3.18. The van der Waals surface area contributed by atoms with Crippen LogP contribution in [0.2, 0.25) is 5.02 Å². The minimum absolute atomic E-state index is 0.0674. The lowest BCUT2D eigenvalue weighted by atomic mass is 9.97. The van der Waals surface area contributed by atoms with Gasteiger partial charge in [-0.1, -0.05) is 29.8 Å². The smallest absolute Gasteiger partial charge is 0.393 e. The van der Waals surface area contributed by atoms with Crippen molar-refractivity contribution in [2.75, 3.05) is 6.61 Å². The number of hydrogen-bond donors (Lipinski definition) is 3. The van der Waals surface area contributed by atoms with E-state index in [0.29, 0.717) is 10.6 Å². The number of aliphatic hydroxyl groups excluding tert-OH is 2. The van der Waals surface area contributed by atoms with Gasteiger partial charge in [-0.05, 0) is 42.8 Å². The molecule has 11 heteroatoms. The highest BCUT2D eigenvalue weighted by atomic mass is 35.5. The summed E-state index contributed by atoms with van der Waals surface area (Å²) in [4.78, 5) is 12.6. The van der Waals surface area contributed by atoms with Gasteiger partial charge in [0.2, 0.25) is 5.91 Å². The number of carbonyl (C=O) groups is 1. The van der Waals surface area contributed by atoms with E-state index in [-0.39, 0.29) is 23.5 Å². The van der Waals surface area contributed by atoms with Crippen LogP contribution >= 0.6 is 11.6 Å². The minimum Gasteiger partial charge on any atom is -0.393 e. The number of halogens is 5. The molecule has 0 bridgehead atoms. The predicted molar refractivity (Wildman–Crippen MR) is 112 cm³/mol. The summed E-state index contributed by atoms with van der Waals surface area (Å²) < 4.78 is 54.9. The molecule has 2 atom stereocenters. The highest BCUT2D eigenvalue weighted by Gasteiger charge is 2.35. The van der Waals surface area contributed by atoms with Gasteiger partial charge in [-0.3, -0.25) is 4.79 Å². The molecule has 0 saturated heterocycles. The minimum atomic E-state index is -4.69. The third kappa shape index (κ3) is 5.70. The van der Waals surface area contributed by atoms with Crippen LogP contribution < -0.4 is 5.32 Å². The number of alkyl halides is 3. The molecule has 2 aromatic carbocycles. The van der Waals surface area contributed by atoms with E-state index < -0.39 is 42.2 Å². The van der Waals surface area contributed by atoms with Gasteiger partial charge in [0.15, 0.2) is 5.69 Å². The first-order chi connectivity index (χ1) is 15.5. The lowest BCUT2D eigenvalue weighted by Gasteiger charge is -2.15. The second-order valence-electron chi connectivity index (χ2n) is 7.33. The first-order valence-corrected chi connectivity index (χ1v) is 10.2. The molecular weight excluding hydrogens is 466 g/mol. The van der Waals surface area contributed by atoms with Gasteiger partial charge in [-0.15, -0.1) is 0 Å². The van der Waals surface area contributed by atoms with Gasteiger partial charge in [0.05, 0.1) is 30.5 Å². The van der Waals surface area contributed by atoms with Crippen LogP contribution in [0.5, 0.6) is 0 Å². The summed E-state index contributed by atoms with van der Waals surface area (Å²) in [5, 5.41) is 25.0. The van der Waals surface area contributed by atoms with Crippen molar-refractivity contribution in [2.45, 2.75) is 31.7 Å². The Balaban J connectivity index is 1.81. The van der Waals surface area contributed by atoms with Crippen molar-refractivity contribution >= 4 is 17.5 Å². The number of aliphatic hydroxyl groups is 2. The largest absolute Gasteiger partial charge is 0.435 e. The van der Waals surface area contributed by atoms with Crippen molar-refractivity contribution in [3.8, 4) is 5.69 Å². The van der Waals surface area contributed by atoms with Crippen molar-refractivity contribution in [2.24, 2.45) is 0 Å². The van der Waals surface area contributed by atoms with Gasteiger partial charge >= 0.3 is 6.18 Å². The molecule has 0 aliphatic rings. The highest BCUT2D eigenvalue weighted by Crippen LogP contribution is 2.30. The Hall–Kier alpha value is -2.95. The van der Waals surface area contributed by atoms with Crippen molar-refractivity contribution in [3.63, 3.8) is 0 Å². The van der Waals surface area contributed by atoms with Gasteiger partial charge < -0.3 is 15.5 Å². The second-order valence-corrected chi connectivity index (χ2v) is 7.77. The Morgan fingerprint density at radius 2 is 1.94 bits per heavy atom. The van der Waals surface area contributed by atoms with Crippen LogP contribution in [0.4, 0.5) is 17.6 Å². The number of hydrogen-bond acceptors (Lipinski definition) is 4. The fraction of sp³-hybridized carbons (Fsp3) is 0.273. The maximum absolute atomic E-state index is 14.2. The number of carbonyl (C=O) groups excluding carboxylic acids is 1. The lowest BCUT2D eigenvalue weighted by Crippen LogP contribution is -2.28. The molecule has 2 unspecified atom stereocenters. The topological polar surface area (TPSA) is 87.4 Å². The van der Waals surface area contributed by atoms with Gasteiger partial charge in [-0.25, -0.2) is 9.07 Å². The number of nitrogens with one attached hydrogen (secondary N) is 1. The maximum Gasteiger partial charge on any atom is 0.435 e.